The normalized spacial score (nSPS) is 15.4. The maximum absolute atomic E-state index is 13.6. The Morgan fingerprint density at radius 3 is 2.44 bits per heavy atom. The van der Waals surface area contributed by atoms with Gasteiger partial charge in [0.1, 0.15) is 11.9 Å². The van der Waals surface area contributed by atoms with Crippen LogP contribution in [0.15, 0.2) is 23.1 Å². The van der Waals surface area contributed by atoms with Crippen LogP contribution >= 0.6 is 15.9 Å². The minimum atomic E-state index is -3.99. The van der Waals surface area contributed by atoms with Gasteiger partial charge in [-0.15, -0.1) is 0 Å². The molecule has 4 N–H and O–H groups in total. The summed E-state index contributed by atoms with van der Waals surface area (Å²) in [5.74, 6) is -0.928. The molecule has 0 aliphatic rings. The second-order valence-corrected chi connectivity index (χ2v) is 6.07. The molecular weight excluding hydrogens is 329 g/mol. The van der Waals surface area contributed by atoms with Crippen molar-refractivity contribution >= 4 is 26.0 Å². The van der Waals surface area contributed by atoms with Gasteiger partial charge in [-0.05, 0) is 18.6 Å². The van der Waals surface area contributed by atoms with Gasteiger partial charge < -0.3 is 10.2 Å². The van der Waals surface area contributed by atoms with Crippen LogP contribution in [0.3, 0.4) is 0 Å². The Morgan fingerprint density at radius 1 is 1.39 bits per heavy atom. The van der Waals surface area contributed by atoms with Crippen LogP contribution in [0.2, 0.25) is 0 Å². The summed E-state index contributed by atoms with van der Waals surface area (Å²) in [5.41, 5.74) is -0.171. The number of halogens is 2. The van der Waals surface area contributed by atoms with Gasteiger partial charge in [-0.25, -0.2) is 17.9 Å². The first-order chi connectivity index (χ1) is 8.27. The molecule has 0 saturated heterocycles. The van der Waals surface area contributed by atoms with E-state index in [4.69, 9.17) is 5.14 Å². The van der Waals surface area contributed by atoms with Crippen molar-refractivity contribution in [2.24, 2.45) is 5.14 Å². The van der Waals surface area contributed by atoms with Crippen molar-refractivity contribution in [3.05, 3.63) is 29.6 Å². The second-order valence-electron chi connectivity index (χ2n) is 3.72. The molecule has 8 heteroatoms. The van der Waals surface area contributed by atoms with Gasteiger partial charge in [-0.1, -0.05) is 22.0 Å². The lowest BCUT2D eigenvalue weighted by atomic mass is 10.0. The Hall–Kier alpha value is -0.540. The predicted molar refractivity (Wildman–Crippen MR) is 67.2 cm³/mol. The number of alkyl halides is 1. The molecular formula is C10H13BrFNO4S. The smallest absolute Gasteiger partial charge is 0.238 e. The quantitative estimate of drug-likeness (QED) is 0.684. The van der Waals surface area contributed by atoms with Crippen molar-refractivity contribution in [1.29, 1.82) is 0 Å². The number of primary sulfonamides is 1. The molecule has 1 aromatic carbocycles. The average molecular weight is 342 g/mol. The molecule has 0 amide bonds. The van der Waals surface area contributed by atoms with E-state index in [1.54, 1.807) is 0 Å². The van der Waals surface area contributed by atoms with Gasteiger partial charge in [0.15, 0.2) is 0 Å². The molecule has 0 spiro atoms. The van der Waals surface area contributed by atoms with E-state index in [0.29, 0.717) is 5.33 Å². The summed E-state index contributed by atoms with van der Waals surface area (Å²) in [6.45, 7) is 0. The molecule has 102 valence electrons. The largest absolute Gasteiger partial charge is 0.390 e. The monoisotopic (exact) mass is 341 g/mol. The number of benzene rings is 1. The van der Waals surface area contributed by atoms with E-state index in [-0.39, 0.29) is 16.9 Å². The van der Waals surface area contributed by atoms with Crippen LogP contribution in [0.25, 0.3) is 0 Å². The van der Waals surface area contributed by atoms with E-state index in [1.165, 1.54) is 0 Å². The Bertz CT molecular complexity index is 523. The molecule has 0 saturated carbocycles. The first-order valence-corrected chi connectivity index (χ1v) is 7.68. The molecule has 0 heterocycles. The highest BCUT2D eigenvalue weighted by Crippen LogP contribution is 2.24. The number of hydrogen-bond acceptors (Lipinski definition) is 4. The van der Waals surface area contributed by atoms with E-state index in [9.17, 15) is 23.0 Å². The first kappa shape index (κ1) is 15.5. The van der Waals surface area contributed by atoms with Crippen molar-refractivity contribution in [1.82, 2.24) is 0 Å². The third-order valence-corrected chi connectivity index (χ3v) is 3.76. The number of aliphatic hydroxyl groups is 2. The maximum Gasteiger partial charge on any atom is 0.238 e. The van der Waals surface area contributed by atoms with Crippen LogP contribution in [-0.2, 0) is 10.0 Å². The lowest BCUT2D eigenvalue weighted by Crippen LogP contribution is -2.20. The zero-order valence-corrected chi connectivity index (χ0v) is 11.7. The van der Waals surface area contributed by atoms with Gasteiger partial charge in [0.05, 0.1) is 11.0 Å². The number of sulfonamides is 1. The SMILES string of the molecule is NS(=O)(=O)c1ccc(C(O)C(O)CCBr)c(F)c1. The fourth-order valence-corrected chi connectivity index (χ4v) is 2.40. The van der Waals surface area contributed by atoms with Crippen LogP contribution in [0.5, 0.6) is 0 Å². The van der Waals surface area contributed by atoms with Gasteiger partial charge in [0.25, 0.3) is 0 Å². The summed E-state index contributed by atoms with van der Waals surface area (Å²) >= 11 is 3.09. The zero-order chi connectivity index (χ0) is 13.9. The average Bonchev–Trinajstić information content (AvgIpc) is 2.27. The van der Waals surface area contributed by atoms with E-state index >= 15 is 0 Å². The number of hydrogen-bond donors (Lipinski definition) is 3. The van der Waals surface area contributed by atoms with Crippen molar-refractivity contribution in [2.45, 2.75) is 23.5 Å². The van der Waals surface area contributed by atoms with Crippen LogP contribution < -0.4 is 5.14 Å². The summed E-state index contributed by atoms with van der Waals surface area (Å²) in [6.07, 6.45) is -2.33. The highest BCUT2D eigenvalue weighted by molar-refractivity contribution is 9.09. The minimum Gasteiger partial charge on any atom is -0.390 e. The Balaban J connectivity index is 3.06. The zero-order valence-electron chi connectivity index (χ0n) is 9.25. The van der Waals surface area contributed by atoms with Crippen molar-refractivity contribution in [3.63, 3.8) is 0 Å². The molecule has 5 nitrogen and oxygen atoms in total. The summed E-state index contributed by atoms with van der Waals surface area (Å²) in [4.78, 5) is -0.383. The highest BCUT2D eigenvalue weighted by Gasteiger charge is 2.22. The minimum absolute atomic E-state index is 0.171. The van der Waals surface area contributed by atoms with Gasteiger partial charge in [0.2, 0.25) is 10.0 Å². The molecule has 2 unspecified atom stereocenters. The molecule has 18 heavy (non-hydrogen) atoms. The molecule has 1 rings (SSSR count). The molecule has 0 fully saturated rings. The van der Waals surface area contributed by atoms with E-state index in [1.807, 2.05) is 0 Å². The summed E-state index contributed by atoms with van der Waals surface area (Å²) < 4.78 is 35.6. The van der Waals surface area contributed by atoms with Gasteiger partial charge in [0, 0.05) is 10.9 Å². The molecule has 2 atom stereocenters. The molecule has 0 aliphatic heterocycles. The van der Waals surface area contributed by atoms with Crippen LogP contribution in [0.4, 0.5) is 4.39 Å². The van der Waals surface area contributed by atoms with Crippen molar-refractivity contribution in [2.75, 3.05) is 5.33 Å². The van der Waals surface area contributed by atoms with Crippen LogP contribution in [0, 0.1) is 5.82 Å². The van der Waals surface area contributed by atoms with Gasteiger partial charge >= 0.3 is 0 Å². The third-order valence-electron chi connectivity index (χ3n) is 2.39. The Kier molecular flexibility index (Phi) is 5.23. The van der Waals surface area contributed by atoms with Crippen LogP contribution in [0.1, 0.15) is 18.1 Å². The fourth-order valence-electron chi connectivity index (χ4n) is 1.40. The van der Waals surface area contributed by atoms with E-state index in [0.717, 1.165) is 18.2 Å². The molecule has 0 aromatic heterocycles. The highest BCUT2D eigenvalue weighted by atomic mass is 79.9. The standard InChI is InChI=1S/C10H13BrFNO4S/c11-4-3-9(14)10(15)7-2-1-6(5-8(7)12)18(13,16)17/h1-2,5,9-10,14-15H,3-4H2,(H2,13,16,17). The second kappa shape index (κ2) is 6.07. The summed E-state index contributed by atoms with van der Waals surface area (Å²) in [6, 6.07) is 2.89. The van der Waals surface area contributed by atoms with Crippen molar-refractivity contribution < 1.29 is 23.0 Å². The fraction of sp³-hybridized carbons (Fsp3) is 0.400. The topological polar surface area (TPSA) is 101 Å². The third kappa shape index (κ3) is 3.72. The number of aliphatic hydroxyl groups excluding tert-OH is 2. The summed E-state index contributed by atoms with van der Waals surface area (Å²) in [7, 11) is -3.99. The molecule has 0 aliphatic carbocycles. The van der Waals surface area contributed by atoms with E-state index < -0.39 is 28.0 Å². The van der Waals surface area contributed by atoms with E-state index in [2.05, 4.69) is 15.9 Å². The predicted octanol–water partition coefficient (Wildman–Crippen LogP) is 0.652. The molecule has 0 radical (unpaired) electrons. The lowest BCUT2D eigenvalue weighted by Gasteiger charge is -2.18. The van der Waals surface area contributed by atoms with Gasteiger partial charge in [-0.2, -0.15) is 0 Å². The van der Waals surface area contributed by atoms with Crippen molar-refractivity contribution in [3.8, 4) is 0 Å². The first-order valence-electron chi connectivity index (χ1n) is 5.01. The molecule has 0 bridgehead atoms. The van der Waals surface area contributed by atoms with Gasteiger partial charge in [-0.3, -0.25) is 0 Å². The molecule has 1 aromatic rings. The number of nitrogens with two attached hydrogens (primary N) is 1. The Labute approximate surface area is 113 Å². The Morgan fingerprint density at radius 2 is 2.00 bits per heavy atom. The maximum atomic E-state index is 13.6. The number of rotatable bonds is 5. The lowest BCUT2D eigenvalue weighted by molar-refractivity contribution is 0.0152. The summed E-state index contributed by atoms with van der Waals surface area (Å²) in [5, 5.41) is 24.5. The van der Waals surface area contributed by atoms with Crippen LogP contribution in [-0.4, -0.2) is 30.1 Å².